The number of hydrogen-bond acceptors (Lipinski definition) is 5. The molecule has 0 amide bonds. The fraction of sp³-hybridized carbons (Fsp3) is 0.231. The quantitative estimate of drug-likeness (QED) is 0.690. The van der Waals surface area contributed by atoms with Gasteiger partial charge in [0.1, 0.15) is 0 Å². The van der Waals surface area contributed by atoms with Gasteiger partial charge in [-0.3, -0.25) is 4.40 Å². The standard InChI is InChI=1S/C13H12N2O3S/c1-3-18-12(16)10-11(17-2)15-8-6-4-5-7-9(8)19-13(15)14-10/h4-7H,3H2,1-2H3. The fourth-order valence-corrected chi connectivity index (χ4v) is 3.03. The lowest BCUT2D eigenvalue weighted by Gasteiger charge is -2.02. The van der Waals surface area contributed by atoms with Gasteiger partial charge in [-0.25, -0.2) is 9.78 Å². The highest BCUT2D eigenvalue weighted by Gasteiger charge is 2.23. The Hall–Kier alpha value is -2.08. The van der Waals surface area contributed by atoms with Crippen LogP contribution < -0.4 is 4.74 Å². The van der Waals surface area contributed by atoms with Crippen molar-refractivity contribution in [2.24, 2.45) is 0 Å². The van der Waals surface area contributed by atoms with Gasteiger partial charge in [-0.15, -0.1) is 0 Å². The zero-order valence-electron chi connectivity index (χ0n) is 10.5. The van der Waals surface area contributed by atoms with Crippen molar-refractivity contribution >= 4 is 32.5 Å². The first kappa shape index (κ1) is 12.0. The average molecular weight is 276 g/mol. The van der Waals surface area contributed by atoms with E-state index >= 15 is 0 Å². The van der Waals surface area contributed by atoms with E-state index in [0.29, 0.717) is 12.5 Å². The van der Waals surface area contributed by atoms with Crippen LogP contribution in [0.4, 0.5) is 0 Å². The van der Waals surface area contributed by atoms with Crippen LogP contribution in [0.25, 0.3) is 15.2 Å². The van der Waals surface area contributed by atoms with Gasteiger partial charge in [-0.05, 0) is 19.1 Å². The molecule has 1 aromatic carbocycles. The first-order valence-electron chi connectivity index (χ1n) is 5.87. The Morgan fingerprint density at radius 1 is 1.42 bits per heavy atom. The number of esters is 1. The Labute approximate surface area is 113 Å². The lowest BCUT2D eigenvalue weighted by Crippen LogP contribution is -2.07. The molecule has 3 aromatic rings. The van der Waals surface area contributed by atoms with Crippen molar-refractivity contribution in [3.8, 4) is 5.88 Å². The van der Waals surface area contributed by atoms with Crippen LogP contribution in [0.15, 0.2) is 24.3 Å². The van der Waals surface area contributed by atoms with Crippen molar-refractivity contribution in [1.29, 1.82) is 0 Å². The van der Waals surface area contributed by atoms with E-state index in [1.54, 1.807) is 6.92 Å². The molecule has 0 saturated heterocycles. The Morgan fingerprint density at radius 3 is 2.95 bits per heavy atom. The lowest BCUT2D eigenvalue weighted by atomic mass is 10.3. The van der Waals surface area contributed by atoms with Crippen LogP contribution in [0.5, 0.6) is 5.88 Å². The fourth-order valence-electron chi connectivity index (χ4n) is 2.01. The van der Waals surface area contributed by atoms with Crippen molar-refractivity contribution in [3.05, 3.63) is 30.0 Å². The van der Waals surface area contributed by atoms with Crippen LogP contribution in [0.2, 0.25) is 0 Å². The third kappa shape index (κ3) is 1.76. The molecule has 0 radical (unpaired) electrons. The maximum Gasteiger partial charge on any atom is 0.362 e. The van der Waals surface area contributed by atoms with E-state index in [4.69, 9.17) is 9.47 Å². The highest BCUT2D eigenvalue weighted by Crippen LogP contribution is 2.32. The first-order chi connectivity index (χ1) is 9.26. The number of rotatable bonds is 3. The number of aromatic nitrogens is 2. The molecule has 0 atom stereocenters. The largest absolute Gasteiger partial charge is 0.480 e. The van der Waals surface area contributed by atoms with Gasteiger partial charge < -0.3 is 9.47 Å². The maximum absolute atomic E-state index is 11.9. The van der Waals surface area contributed by atoms with Crippen LogP contribution >= 0.6 is 11.3 Å². The minimum absolute atomic E-state index is 0.223. The summed E-state index contributed by atoms with van der Waals surface area (Å²) in [5.74, 6) is -0.0368. The number of methoxy groups -OCH3 is 1. The number of benzene rings is 1. The van der Waals surface area contributed by atoms with E-state index in [1.165, 1.54) is 18.4 Å². The molecular formula is C13H12N2O3S. The molecule has 0 N–H and O–H groups in total. The second kappa shape index (κ2) is 4.55. The topological polar surface area (TPSA) is 52.8 Å². The van der Waals surface area contributed by atoms with E-state index in [1.807, 2.05) is 28.7 Å². The number of hydrogen-bond donors (Lipinski definition) is 0. The van der Waals surface area contributed by atoms with Crippen LogP contribution in [0, 0.1) is 0 Å². The Kier molecular flexibility index (Phi) is 2.87. The molecule has 0 aliphatic carbocycles. The Bertz CT molecular complexity index is 760. The number of para-hydroxylation sites is 1. The van der Waals surface area contributed by atoms with E-state index in [2.05, 4.69) is 4.98 Å². The first-order valence-corrected chi connectivity index (χ1v) is 6.69. The summed E-state index contributed by atoms with van der Waals surface area (Å²) in [7, 11) is 1.53. The highest BCUT2D eigenvalue weighted by molar-refractivity contribution is 7.23. The maximum atomic E-state index is 11.9. The normalized spacial score (nSPS) is 11.1. The van der Waals surface area contributed by atoms with Gasteiger partial charge in [0, 0.05) is 0 Å². The van der Waals surface area contributed by atoms with Crippen LogP contribution in [-0.2, 0) is 4.74 Å². The second-order valence-electron chi connectivity index (χ2n) is 3.88. The molecule has 98 valence electrons. The summed E-state index contributed by atoms with van der Waals surface area (Å²) >= 11 is 1.51. The van der Waals surface area contributed by atoms with E-state index in [-0.39, 0.29) is 5.69 Å². The predicted molar refractivity (Wildman–Crippen MR) is 73.1 cm³/mol. The number of carbonyl (C=O) groups excluding carboxylic acids is 1. The molecule has 0 aliphatic rings. The minimum atomic E-state index is -0.459. The van der Waals surface area contributed by atoms with Gasteiger partial charge >= 0.3 is 5.97 Å². The highest BCUT2D eigenvalue weighted by atomic mass is 32.1. The molecule has 6 heteroatoms. The summed E-state index contributed by atoms with van der Waals surface area (Å²) in [6.45, 7) is 2.08. The lowest BCUT2D eigenvalue weighted by molar-refractivity contribution is 0.0516. The molecular weight excluding hydrogens is 264 g/mol. The summed E-state index contributed by atoms with van der Waals surface area (Å²) in [5, 5.41) is 0. The number of thiazole rings is 1. The molecule has 0 fully saturated rings. The second-order valence-corrected chi connectivity index (χ2v) is 4.89. The molecule has 0 bridgehead atoms. The van der Waals surface area contributed by atoms with Gasteiger partial charge in [-0.1, -0.05) is 23.5 Å². The monoisotopic (exact) mass is 276 g/mol. The number of nitrogens with zero attached hydrogens (tertiary/aromatic N) is 2. The third-order valence-electron chi connectivity index (χ3n) is 2.77. The SMILES string of the molecule is CCOC(=O)c1nc2sc3ccccc3n2c1OC. The molecule has 2 heterocycles. The van der Waals surface area contributed by atoms with Crippen molar-refractivity contribution in [2.75, 3.05) is 13.7 Å². The van der Waals surface area contributed by atoms with Crippen LogP contribution in [0.3, 0.4) is 0 Å². The van der Waals surface area contributed by atoms with Crippen molar-refractivity contribution in [3.63, 3.8) is 0 Å². The van der Waals surface area contributed by atoms with E-state index in [0.717, 1.165) is 15.2 Å². The molecule has 2 aromatic heterocycles. The van der Waals surface area contributed by atoms with Gasteiger partial charge in [0.2, 0.25) is 11.6 Å². The van der Waals surface area contributed by atoms with Gasteiger partial charge in [0.05, 0.1) is 23.9 Å². The van der Waals surface area contributed by atoms with Crippen LogP contribution in [-0.4, -0.2) is 29.1 Å². The summed E-state index contributed by atoms with van der Waals surface area (Å²) in [6.07, 6.45) is 0. The summed E-state index contributed by atoms with van der Waals surface area (Å²) < 4.78 is 13.3. The molecule has 0 saturated carbocycles. The zero-order valence-corrected chi connectivity index (χ0v) is 11.4. The molecule has 0 spiro atoms. The molecule has 0 unspecified atom stereocenters. The smallest absolute Gasteiger partial charge is 0.362 e. The summed E-state index contributed by atoms with van der Waals surface area (Å²) in [5.41, 5.74) is 1.20. The number of carbonyl (C=O) groups is 1. The number of imidazole rings is 1. The van der Waals surface area contributed by atoms with Crippen LogP contribution in [0.1, 0.15) is 17.4 Å². The van der Waals surface area contributed by atoms with Crippen molar-refractivity contribution in [2.45, 2.75) is 6.92 Å². The van der Waals surface area contributed by atoms with E-state index < -0.39 is 5.97 Å². The van der Waals surface area contributed by atoms with E-state index in [9.17, 15) is 4.79 Å². The van der Waals surface area contributed by atoms with Gasteiger partial charge in [-0.2, -0.15) is 0 Å². The molecule has 19 heavy (non-hydrogen) atoms. The number of fused-ring (bicyclic) bond motifs is 3. The van der Waals surface area contributed by atoms with Crippen molar-refractivity contribution < 1.29 is 14.3 Å². The Balaban J connectivity index is 2.29. The zero-order chi connectivity index (χ0) is 13.4. The van der Waals surface area contributed by atoms with Crippen molar-refractivity contribution in [1.82, 2.24) is 9.38 Å². The third-order valence-corrected chi connectivity index (χ3v) is 3.80. The van der Waals surface area contributed by atoms with Gasteiger partial charge in [0.25, 0.3) is 0 Å². The molecule has 3 rings (SSSR count). The summed E-state index contributed by atoms with van der Waals surface area (Å²) in [6, 6.07) is 7.89. The predicted octanol–water partition coefficient (Wildman–Crippen LogP) is 2.73. The van der Waals surface area contributed by atoms with Gasteiger partial charge in [0.15, 0.2) is 4.96 Å². The molecule has 0 aliphatic heterocycles. The minimum Gasteiger partial charge on any atom is -0.480 e. The Morgan fingerprint density at radius 2 is 2.21 bits per heavy atom. The summed E-state index contributed by atoms with van der Waals surface area (Å²) in [4.78, 5) is 16.9. The average Bonchev–Trinajstić information content (AvgIpc) is 2.94. The molecule has 5 nitrogen and oxygen atoms in total. The number of ether oxygens (including phenoxy) is 2.